The number of benzene rings is 1. The number of rotatable bonds is 3. The van der Waals surface area contributed by atoms with Crippen LogP contribution in [-0.4, -0.2) is 37.7 Å². The standard InChI is InChI=1S/C19H24N4O2/c1-21-13-20-23(19(21)25)12-18(24)22-11-5-10-17(22)16-9-4-7-14-6-2-3-8-15(14)16/h2-3,6,8,13,16-17H,4-5,7,9-12H2,1H3/t16-,17+/m1/s1. The van der Waals surface area contributed by atoms with E-state index < -0.39 is 0 Å². The first-order valence-corrected chi connectivity index (χ1v) is 9.11. The summed E-state index contributed by atoms with van der Waals surface area (Å²) in [5.41, 5.74) is 2.60. The Hall–Kier alpha value is -2.37. The van der Waals surface area contributed by atoms with Crippen molar-refractivity contribution in [3.8, 4) is 0 Å². The zero-order valence-electron chi connectivity index (χ0n) is 14.6. The molecule has 2 atom stereocenters. The third-order valence-electron chi connectivity index (χ3n) is 5.67. The maximum Gasteiger partial charge on any atom is 0.345 e. The van der Waals surface area contributed by atoms with Crippen LogP contribution in [0.5, 0.6) is 0 Å². The zero-order valence-corrected chi connectivity index (χ0v) is 14.6. The van der Waals surface area contributed by atoms with Crippen LogP contribution < -0.4 is 5.69 Å². The van der Waals surface area contributed by atoms with E-state index in [0.29, 0.717) is 5.92 Å². The number of fused-ring (bicyclic) bond motifs is 1. The zero-order chi connectivity index (χ0) is 17.4. The van der Waals surface area contributed by atoms with Crippen LogP contribution in [0, 0.1) is 0 Å². The summed E-state index contributed by atoms with van der Waals surface area (Å²) < 4.78 is 2.65. The molecule has 1 aliphatic carbocycles. The molecule has 25 heavy (non-hydrogen) atoms. The lowest BCUT2D eigenvalue weighted by atomic mass is 9.78. The Labute approximate surface area is 147 Å². The number of carbonyl (C=O) groups is 1. The first kappa shape index (κ1) is 16.1. The number of likely N-dealkylation sites (tertiary alicyclic amines) is 1. The molecule has 0 N–H and O–H groups in total. The van der Waals surface area contributed by atoms with Gasteiger partial charge in [-0.15, -0.1) is 0 Å². The normalized spacial score (nSPS) is 22.8. The summed E-state index contributed by atoms with van der Waals surface area (Å²) >= 11 is 0. The largest absolute Gasteiger partial charge is 0.345 e. The summed E-state index contributed by atoms with van der Waals surface area (Å²) in [6, 6.07) is 8.89. The lowest BCUT2D eigenvalue weighted by molar-refractivity contribution is -0.133. The Morgan fingerprint density at radius 2 is 2.08 bits per heavy atom. The van der Waals surface area contributed by atoms with E-state index >= 15 is 0 Å². The van der Waals surface area contributed by atoms with E-state index in [1.807, 2.05) is 4.90 Å². The lowest BCUT2D eigenvalue weighted by Gasteiger charge is -2.35. The topological polar surface area (TPSA) is 60.1 Å². The number of aromatic nitrogens is 3. The van der Waals surface area contributed by atoms with Crippen LogP contribution in [-0.2, 0) is 24.8 Å². The van der Waals surface area contributed by atoms with Crippen molar-refractivity contribution >= 4 is 5.91 Å². The highest BCUT2D eigenvalue weighted by Gasteiger charge is 2.37. The van der Waals surface area contributed by atoms with Gasteiger partial charge in [-0.05, 0) is 43.2 Å². The van der Waals surface area contributed by atoms with Crippen LogP contribution in [0.25, 0.3) is 0 Å². The quantitative estimate of drug-likeness (QED) is 0.854. The van der Waals surface area contributed by atoms with Crippen LogP contribution in [0.4, 0.5) is 0 Å². The molecule has 1 aromatic carbocycles. The molecule has 0 radical (unpaired) electrons. The molecule has 132 valence electrons. The van der Waals surface area contributed by atoms with Crippen molar-refractivity contribution in [2.24, 2.45) is 7.05 Å². The second-order valence-corrected chi connectivity index (χ2v) is 7.18. The predicted molar refractivity (Wildman–Crippen MR) is 94.3 cm³/mol. The number of carbonyl (C=O) groups excluding carboxylic acids is 1. The van der Waals surface area contributed by atoms with E-state index in [1.54, 1.807) is 7.05 Å². The van der Waals surface area contributed by atoms with Gasteiger partial charge in [0.05, 0.1) is 0 Å². The number of amides is 1. The second-order valence-electron chi connectivity index (χ2n) is 7.18. The molecule has 0 bridgehead atoms. The second kappa shape index (κ2) is 6.50. The Kier molecular flexibility index (Phi) is 4.19. The van der Waals surface area contributed by atoms with Crippen LogP contribution in [0.1, 0.15) is 42.7 Å². The molecule has 6 nitrogen and oxygen atoms in total. The Bertz CT molecular complexity index is 838. The molecule has 1 saturated heterocycles. The maximum absolute atomic E-state index is 12.9. The molecule has 2 heterocycles. The van der Waals surface area contributed by atoms with E-state index in [1.165, 1.54) is 33.1 Å². The molecule has 2 aliphatic rings. The van der Waals surface area contributed by atoms with Gasteiger partial charge < -0.3 is 4.90 Å². The van der Waals surface area contributed by atoms with Crippen molar-refractivity contribution in [1.82, 2.24) is 19.2 Å². The van der Waals surface area contributed by atoms with Crippen LogP contribution >= 0.6 is 0 Å². The smallest absolute Gasteiger partial charge is 0.337 e. The minimum absolute atomic E-state index is 0.00588. The summed E-state index contributed by atoms with van der Waals surface area (Å²) in [4.78, 5) is 26.8. The lowest BCUT2D eigenvalue weighted by Crippen LogP contribution is -2.43. The van der Waals surface area contributed by atoms with Gasteiger partial charge in [0.15, 0.2) is 0 Å². The van der Waals surface area contributed by atoms with E-state index in [9.17, 15) is 9.59 Å². The van der Waals surface area contributed by atoms with Gasteiger partial charge in [0, 0.05) is 25.6 Å². The molecule has 2 aromatic rings. The third-order valence-corrected chi connectivity index (χ3v) is 5.67. The van der Waals surface area contributed by atoms with Gasteiger partial charge in [0.2, 0.25) is 5.91 Å². The molecule has 1 fully saturated rings. The van der Waals surface area contributed by atoms with E-state index in [4.69, 9.17) is 0 Å². The molecule has 0 saturated carbocycles. The molecule has 0 unspecified atom stereocenters. The van der Waals surface area contributed by atoms with Crippen molar-refractivity contribution in [3.05, 3.63) is 52.2 Å². The minimum Gasteiger partial charge on any atom is -0.337 e. The fourth-order valence-electron chi connectivity index (χ4n) is 4.46. The van der Waals surface area contributed by atoms with Gasteiger partial charge >= 0.3 is 5.69 Å². The summed E-state index contributed by atoms with van der Waals surface area (Å²) in [6.45, 7) is 0.814. The van der Waals surface area contributed by atoms with E-state index in [2.05, 4.69) is 29.4 Å². The first-order valence-electron chi connectivity index (χ1n) is 9.11. The van der Waals surface area contributed by atoms with Crippen LogP contribution in [0.15, 0.2) is 35.4 Å². The summed E-state index contributed by atoms with van der Waals surface area (Å²) in [5.74, 6) is 0.420. The molecular formula is C19H24N4O2. The van der Waals surface area contributed by atoms with Gasteiger partial charge in [-0.1, -0.05) is 24.3 Å². The highest BCUT2D eigenvalue weighted by molar-refractivity contribution is 5.76. The maximum atomic E-state index is 12.9. The van der Waals surface area contributed by atoms with Crippen LogP contribution in [0.3, 0.4) is 0 Å². The highest BCUT2D eigenvalue weighted by atomic mass is 16.2. The van der Waals surface area contributed by atoms with Gasteiger partial charge in [0.25, 0.3) is 0 Å². The van der Waals surface area contributed by atoms with Gasteiger partial charge in [-0.3, -0.25) is 9.36 Å². The van der Waals surface area contributed by atoms with E-state index in [0.717, 1.165) is 32.2 Å². The van der Waals surface area contributed by atoms with Crippen molar-refractivity contribution < 1.29 is 4.79 Å². The predicted octanol–water partition coefficient (Wildman–Crippen LogP) is 1.69. The average molecular weight is 340 g/mol. The van der Waals surface area contributed by atoms with Crippen molar-refractivity contribution in [1.29, 1.82) is 0 Å². The molecule has 0 spiro atoms. The Morgan fingerprint density at radius 1 is 1.24 bits per heavy atom. The number of hydrogen-bond acceptors (Lipinski definition) is 3. The molecular weight excluding hydrogens is 316 g/mol. The molecule has 1 aliphatic heterocycles. The molecule has 1 amide bonds. The number of aryl methyl sites for hydroxylation is 2. The van der Waals surface area contributed by atoms with Crippen molar-refractivity contribution in [3.63, 3.8) is 0 Å². The molecule has 1 aromatic heterocycles. The first-order chi connectivity index (χ1) is 12.1. The van der Waals surface area contributed by atoms with Crippen LogP contribution in [0.2, 0.25) is 0 Å². The van der Waals surface area contributed by atoms with Gasteiger partial charge in [-0.2, -0.15) is 5.10 Å². The van der Waals surface area contributed by atoms with Crippen molar-refractivity contribution in [2.45, 2.75) is 50.6 Å². The summed E-state index contributed by atoms with van der Waals surface area (Å²) in [7, 11) is 1.65. The monoisotopic (exact) mass is 340 g/mol. The fourth-order valence-corrected chi connectivity index (χ4v) is 4.46. The fraction of sp³-hybridized carbons (Fsp3) is 0.526. The average Bonchev–Trinajstić information content (AvgIpc) is 3.24. The Morgan fingerprint density at radius 3 is 2.88 bits per heavy atom. The van der Waals surface area contributed by atoms with Gasteiger partial charge in [0.1, 0.15) is 12.9 Å². The summed E-state index contributed by atoms with van der Waals surface area (Å²) in [6.07, 6.45) is 6.98. The Balaban J connectivity index is 1.56. The van der Waals surface area contributed by atoms with Gasteiger partial charge in [-0.25, -0.2) is 9.48 Å². The highest BCUT2D eigenvalue weighted by Crippen LogP contribution is 2.39. The third kappa shape index (κ3) is 2.90. The summed E-state index contributed by atoms with van der Waals surface area (Å²) in [5, 5.41) is 4.02. The van der Waals surface area contributed by atoms with E-state index in [-0.39, 0.29) is 24.2 Å². The number of hydrogen-bond donors (Lipinski definition) is 0. The molecule has 6 heteroatoms. The minimum atomic E-state index is -0.243. The SMILES string of the molecule is Cn1cnn(CC(=O)N2CCC[C@H]2[C@@H]2CCCc3ccccc32)c1=O. The number of nitrogens with zero attached hydrogens (tertiary/aromatic N) is 4. The molecule has 4 rings (SSSR count). The van der Waals surface area contributed by atoms with Crippen molar-refractivity contribution in [2.75, 3.05) is 6.54 Å².